The van der Waals surface area contributed by atoms with Gasteiger partial charge < -0.3 is 20.1 Å². The highest BCUT2D eigenvalue weighted by Gasteiger charge is 2.38. The van der Waals surface area contributed by atoms with E-state index in [1.165, 1.54) is 18.2 Å². The van der Waals surface area contributed by atoms with Gasteiger partial charge in [0.1, 0.15) is 29.7 Å². The topological polar surface area (TPSA) is 122 Å². The lowest BCUT2D eigenvalue weighted by Crippen LogP contribution is -2.48. The van der Waals surface area contributed by atoms with Crippen LogP contribution in [-0.4, -0.2) is 57.9 Å². The Hall–Kier alpha value is -4.93. The number of amides is 1. The lowest BCUT2D eigenvalue weighted by molar-refractivity contribution is 0.105. The average molecular weight is 509 g/mol. The molecule has 2 aliphatic heterocycles. The normalized spacial score (nSPS) is 18.7. The molecule has 2 bridgehead atoms. The molecule has 38 heavy (non-hydrogen) atoms. The predicted molar refractivity (Wildman–Crippen MR) is 140 cm³/mol. The summed E-state index contributed by atoms with van der Waals surface area (Å²) in [6, 6.07) is 11.5. The summed E-state index contributed by atoms with van der Waals surface area (Å²) in [7, 11) is 0. The molecule has 3 aliphatic rings. The van der Waals surface area contributed by atoms with Crippen molar-refractivity contribution in [1.29, 1.82) is 0 Å². The molecule has 1 amide bonds. The summed E-state index contributed by atoms with van der Waals surface area (Å²) in [6.07, 6.45) is 9.83. The van der Waals surface area contributed by atoms with Crippen molar-refractivity contribution in [3.63, 3.8) is 0 Å². The maximum atomic E-state index is 11.6. The maximum absolute atomic E-state index is 11.6. The van der Waals surface area contributed by atoms with Gasteiger partial charge in [-0.25, -0.2) is 23.8 Å². The maximum Gasteiger partial charge on any atom is 0.407 e. The van der Waals surface area contributed by atoms with E-state index >= 15 is 0 Å². The van der Waals surface area contributed by atoms with E-state index in [9.17, 15) is 9.90 Å². The van der Waals surface area contributed by atoms with Crippen LogP contribution in [-0.2, 0) is 0 Å². The second kappa shape index (κ2) is 8.58. The number of fused-ring (bicyclic) bond motifs is 4. The zero-order valence-electron chi connectivity index (χ0n) is 20.5. The third kappa shape index (κ3) is 3.71. The molecule has 6 heterocycles. The highest BCUT2D eigenvalue weighted by Crippen LogP contribution is 2.42. The van der Waals surface area contributed by atoms with E-state index in [1.54, 1.807) is 9.42 Å². The molecule has 2 N–H and O–H groups in total. The van der Waals surface area contributed by atoms with Gasteiger partial charge in [-0.3, -0.25) is 0 Å². The van der Waals surface area contributed by atoms with Crippen LogP contribution in [0.25, 0.3) is 16.7 Å². The van der Waals surface area contributed by atoms with Gasteiger partial charge in [-0.2, -0.15) is 10.2 Å². The van der Waals surface area contributed by atoms with Gasteiger partial charge in [0, 0.05) is 42.2 Å². The number of nitrogens with zero attached hydrogens (tertiary/aromatic N) is 7. The van der Waals surface area contributed by atoms with Gasteiger partial charge >= 0.3 is 6.09 Å². The molecule has 0 spiro atoms. The highest BCUT2D eigenvalue weighted by molar-refractivity contribution is 5.89. The number of anilines is 2. The van der Waals surface area contributed by atoms with Gasteiger partial charge in [0.25, 0.3) is 0 Å². The van der Waals surface area contributed by atoms with Crippen LogP contribution >= 0.6 is 0 Å². The Labute approximate surface area is 217 Å². The molecule has 1 saturated heterocycles. The number of rotatable bonds is 5. The Balaban J connectivity index is 1.18. The number of piperidine rings is 1. The average Bonchev–Trinajstić information content (AvgIpc) is 3.58. The van der Waals surface area contributed by atoms with E-state index in [-0.39, 0.29) is 12.0 Å². The van der Waals surface area contributed by atoms with Crippen LogP contribution in [0, 0.1) is 12.8 Å². The van der Waals surface area contributed by atoms with Crippen molar-refractivity contribution >= 4 is 34.3 Å². The molecule has 190 valence electrons. The van der Waals surface area contributed by atoms with Gasteiger partial charge in [0.05, 0.1) is 6.04 Å². The number of pyridine rings is 1. The van der Waals surface area contributed by atoms with Gasteiger partial charge in [0.15, 0.2) is 11.5 Å². The molecule has 11 nitrogen and oxygen atoms in total. The van der Waals surface area contributed by atoms with Crippen molar-refractivity contribution in [3.8, 4) is 11.5 Å². The Morgan fingerprint density at radius 1 is 1.05 bits per heavy atom. The summed E-state index contributed by atoms with van der Waals surface area (Å²) in [5, 5.41) is 21.5. The van der Waals surface area contributed by atoms with Crippen LogP contribution in [0.1, 0.15) is 24.0 Å². The monoisotopic (exact) mass is 508 g/mol. The number of nitrogens with one attached hydrogen (secondary N) is 1. The van der Waals surface area contributed by atoms with E-state index in [4.69, 9.17) is 4.74 Å². The number of ether oxygens (including phenoxy) is 1. The summed E-state index contributed by atoms with van der Waals surface area (Å²) >= 11 is 0. The first-order chi connectivity index (χ1) is 18.5. The van der Waals surface area contributed by atoms with Gasteiger partial charge in [0.2, 0.25) is 0 Å². The number of benzene rings is 1. The minimum absolute atomic E-state index is 0.0934. The number of carboxylic acid groups (broad SMARTS) is 1. The quantitative estimate of drug-likeness (QED) is 0.348. The highest BCUT2D eigenvalue weighted by atomic mass is 16.5. The minimum Gasteiger partial charge on any atom is -0.465 e. The third-order valence-electron chi connectivity index (χ3n) is 7.37. The van der Waals surface area contributed by atoms with Crippen molar-refractivity contribution in [2.75, 3.05) is 11.9 Å². The second-order valence-corrected chi connectivity index (χ2v) is 9.66. The Kier molecular flexibility index (Phi) is 5.03. The van der Waals surface area contributed by atoms with Crippen molar-refractivity contribution in [2.24, 2.45) is 5.92 Å². The second-order valence-electron chi connectivity index (χ2n) is 9.66. The fourth-order valence-corrected chi connectivity index (χ4v) is 5.54. The van der Waals surface area contributed by atoms with Crippen LogP contribution in [0.3, 0.4) is 0 Å². The number of aryl methyl sites for hydroxylation is 1. The molecule has 4 aromatic heterocycles. The Bertz CT molecular complexity index is 1740. The zero-order chi connectivity index (χ0) is 25.8. The molecule has 1 aromatic carbocycles. The molecule has 1 fully saturated rings. The minimum atomic E-state index is -0.857. The van der Waals surface area contributed by atoms with Gasteiger partial charge in [-0.1, -0.05) is 6.08 Å². The molecule has 2 atom stereocenters. The molecular weight excluding hydrogens is 484 g/mol. The molecule has 1 aliphatic carbocycles. The predicted octanol–water partition coefficient (Wildman–Crippen LogP) is 4.77. The van der Waals surface area contributed by atoms with Crippen molar-refractivity contribution in [3.05, 3.63) is 78.6 Å². The third-order valence-corrected chi connectivity index (χ3v) is 7.37. The van der Waals surface area contributed by atoms with Crippen LogP contribution in [0.2, 0.25) is 0 Å². The van der Waals surface area contributed by atoms with Crippen LogP contribution in [0.4, 0.5) is 16.3 Å². The molecule has 0 saturated carbocycles. The first-order valence-corrected chi connectivity index (χ1v) is 12.4. The van der Waals surface area contributed by atoms with Gasteiger partial charge in [-0.05, 0) is 61.2 Å². The Morgan fingerprint density at radius 3 is 2.71 bits per heavy atom. The Morgan fingerprint density at radius 2 is 1.89 bits per heavy atom. The van der Waals surface area contributed by atoms with E-state index in [0.29, 0.717) is 23.8 Å². The SMILES string of the molecule is Cc1cc(Nc2ncnn3ccc(C4=CC5CCC4CN5C(=O)O)c23)ccc1Oc1ccn2ncnc2c1. The van der Waals surface area contributed by atoms with Crippen molar-refractivity contribution in [1.82, 2.24) is 34.1 Å². The summed E-state index contributed by atoms with van der Waals surface area (Å²) in [6.45, 7) is 2.51. The molecule has 5 aromatic rings. The fraction of sp³-hybridized carbons (Fsp3) is 0.222. The van der Waals surface area contributed by atoms with Crippen LogP contribution in [0.5, 0.6) is 11.5 Å². The molecular formula is C27H24N8O3. The summed E-state index contributed by atoms with van der Waals surface area (Å²) in [5.74, 6) is 2.26. The lowest BCUT2D eigenvalue weighted by atomic mass is 9.77. The summed E-state index contributed by atoms with van der Waals surface area (Å²) in [5.41, 5.74) is 5.61. The first-order valence-electron chi connectivity index (χ1n) is 12.4. The summed E-state index contributed by atoms with van der Waals surface area (Å²) in [4.78, 5) is 22.0. The molecule has 0 radical (unpaired) electrons. The van der Waals surface area contributed by atoms with E-state index in [0.717, 1.165) is 40.9 Å². The standard InChI is InChI=1S/C27H24N8O3/c1-16-10-18(3-5-23(16)38-20-6-8-34-24(12-20)28-14-30-34)32-26-25-21(7-9-35(25)31-15-29-26)22-11-19-4-2-17(22)13-33(19)27(36)37/h3,5-12,14-15,17,19H,2,4,13H2,1H3,(H,36,37)(H,29,31,32). The summed E-state index contributed by atoms with van der Waals surface area (Å²) < 4.78 is 9.61. The van der Waals surface area contributed by atoms with Crippen molar-refractivity contribution in [2.45, 2.75) is 25.8 Å². The lowest BCUT2D eigenvalue weighted by Gasteiger charge is -2.42. The zero-order valence-corrected chi connectivity index (χ0v) is 20.5. The van der Waals surface area contributed by atoms with Crippen LogP contribution in [0.15, 0.2) is 67.5 Å². The van der Waals surface area contributed by atoms with E-state index < -0.39 is 6.09 Å². The molecule has 8 rings (SSSR count). The molecule has 11 heteroatoms. The van der Waals surface area contributed by atoms with E-state index in [1.807, 2.05) is 60.2 Å². The van der Waals surface area contributed by atoms with Crippen molar-refractivity contribution < 1.29 is 14.6 Å². The number of hydrogen-bond donors (Lipinski definition) is 2. The molecule has 2 unspecified atom stereocenters. The largest absolute Gasteiger partial charge is 0.465 e. The van der Waals surface area contributed by atoms with Crippen LogP contribution < -0.4 is 10.1 Å². The smallest absolute Gasteiger partial charge is 0.407 e. The number of carbonyl (C=O) groups is 1. The first kappa shape index (κ1) is 22.3. The fourth-order valence-electron chi connectivity index (χ4n) is 5.54. The van der Waals surface area contributed by atoms with E-state index in [2.05, 4.69) is 31.6 Å². The van der Waals surface area contributed by atoms with Gasteiger partial charge in [-0.15, -0.1) is 0 Å². The number of hydrogen-bond acceptors (Lipinski definition) is 7. The number of aromatic nitrogens is 6.